The van der Waals surface area contributed by atoms with Gasteiger partial charge in [0.25, 0.3) is 0 Å². The highest BCUT2D eigenvalue weighted by molar-refractivity contribution is 6.42. The Morgan fingerprint density at radius 2 is 1.76 bits per heavy atom. The van der Waals surface area contributed by atoms with Crippen LogP contribution in [0.2, 0.25) is 10.0 Å². The number of methoxy groups -OCH3 is 1. The van der Waals surface area contributed by atoms with Crippen molar-refractivity contribution < 1.29 is 9.53 Å². The molecule has 1 fully saturated rings. The molecule has 1 aromatic heterocycles. The van der Waals surface area contributed by atoms with Crippen LogP contribution in [0.5, 0.6) is 5.75 Å². The van der Waals surface area contributed by atoms with Crippen molar-refractivity contribution in [3.8, 4) is 5.75 Å². The maximum atomic E-state index is 13.2. The Hall–Kier alpha value is -2.99. The van der Waals surface area contributed by atoms with Crippen molar-refractivity contribution in [1.29, 1.82) is 0 Å². The molecule has 4 aromatic rings. The van der Waals surface area contributed by atoms with Gasteiger partial charge in [0.1, 0.15) is 5.75 Å². The molecule has 3 aromatic carbocycles. The summed E-state index contributed by atoms with van der Waals surface area (Å²) >= 11 is 12.7. The number of halogens is 2. The number of ether oxygens (including phenoxy) is 1. The van der Waals surface area contributed by atoms with Crippen LogP contribution in [0.1, 0.15) is 41.9 Å². The molecule has 1 saturated heterocycles. The standard InChI is InChI=1S/C31H33Cl2N3O2/c1-38-24-11-8-22(9-12-24)20-36-21-27(25-6-2-3-7-30(25)36)26(23-10-13-28(32)29(33)18-23)19-31(37)34-14-17-35-15-4-5-16-35/h2-3,6-13,18,21,26H,4-5,14-17,19-20H2,1H3,(H,34,37). The van der Waals surface area contributed by atoms with E-state index in [1.807, 2.05) is 36.4 Å². The maximum Gasteiger partial charge on any atom is 0.220 e. The summed E-state index contributed by atoms with van der Waals surface area (Å²) in [6.45, 7) is 4.50. The Bertz CT molecular complexity index is 1390. The molecule has 1 atom stereocenters. The molecule has 0 spiro atoms. The smallest absolute Gasteiger partial charge is 0.220 e. The molecule has 198 valence electrons. The van der Waals surface area contributed by atoms with Crippen molar-refractivity contribution in [2.75, 3.05) is 33.3 Å². The first-order valence-corrected chi connectivity index (χ1v) is 13.9. The second kappa shape index (κ2) is 12.2. The zero-order chi connectivity index (χ0) is 26.5. The van der Waals surface area contributed by atoms with E-state index in [9.17, 15) is 4.79 Å². The number of fused-ring (bicyclic) bond motifs is 1. The molecule has 1 unspecified atom stereocenters. The Morgan fingerprint density at radius 1 is 1.00 bits per heavy atom. The van der Waals surface area contributed by atoms with Crippen LogP contribution < -0.4 is 10.1 Å². The van der Waals surface area contributed by atoms with Crippen LogP contribution >= 0.6 is 23.2 Å². The normalized spacial score (nSPS) is 14.6. The Labute approximate surface area is 234 Å². The third kappa shape index (κ3) is 6.17. The second-order valence-electron chi connectivity index (χ2n) is 9.91. The van der Waals surface area contributed by atoms with E-state index in [0.29, 0.717) is 29.6 Å². The third-order valence-electron chi connectivity index (χ3n) is 7.39. The number of nitrogens with one attached hydrogen (secondary N) is 1. The van der Waals surface area contributed by atoms with Crippen LogP contribution in [0.3, 0.4) is 0 Å². The zero-order valence-electron chi connectivity index (χ0n) is 21.6. The van der Waals surface area contributed by atoms with Gasteiger partial charge in [-0.25, -0.2) is 0 Å². The van der Waals surface area contributed by atoms with Gasteiger partial charge in [0.15, 0.2) is 0 Å². The van der Waals surface area contributed by atoms with E-state index in [1.165, 1.54) is 18.4 Å². The van der Waals surface area contributed by atoms with E-state index < -0.39 is 0 Å². The fourth-order valence-corrected chi connectivity index (χ4v) is 5.67. The summed E-state index contributed by atoms with van der Waals surface area (Å²) in [7, 11) is 1.67. The molecule has 1 aliphatic heterocycles. The molecule has 2 heterocycles. The van der Waals surface area contributed by atoms with Crippen molar-refractivity contribution >= 4 is 40.0 Å². The number of rotatable bonds is 10. The summed E-state index contributed by atoms with van der Waals surface area (Å²) in [4.78, 5) is 15.6. The van der Waals surface area contributed by atoms with Gasteiger partial charge in [-0.15, -0.1) is 0 Å². The number of likely N-dealkylation sites (tertiary alicyclic amines) is 1. The Balaban J connectivity index is 1.45. The van der Waals surface area contributed by atoms with Crippen LogP contribution in [0.25, 0.3) is 10.9 Å². The minimum Gasteiger partial charge on any atom is -0.497 e. The fourth-order valence-electron chi connectivity index (χ4n) is 5.37. The van der Waals surface area contributed by atoms with E-state index in [4.69, 9.17) is 27.9 Å². The first-order valence-electron chi connectivity index (χ1n) is 13.2. The number of amides is 1. The SMILES string of the molecule is COc1ccc(Cn2cc(C(CC(=O)NCCN3CCCC3)c3ccc(Cl)c(Cl)c3)c3ccccc32)cc1. The molecule has 0 aliphatic carbocycles. The van der Waals surface area contributed by atoms with Crippen LogP contribution in [0, 0.1) is 0 Å². The number of carbonyl (C=O) groups is 1. The summed E-state index contributed by atoms with van der Waals surface area (Å²) < 4.78 is 7.57. The molecule has 1 amide bonds. The van der Waals surface area contributed by atoms with E-state index in [0.717, 1.165) is 47.4 Å². The zero-order valence-corrected chi connectivity index (χ0v) is 23.1. The average molecular weight is 551 g/mol. The van der Waals surface area contributed by atoms with E-state index >= 15 is 0 Å². The van der Waals surface area contributed by atoms with Gasteiger partial charge in [-0.3, -0.25) is 4.79 Å². The predicted octanol–water partition coefficient (Wildman–Crippen LogP) is 6.74. The maximum absolute atomic E-state index is 13.2. The van der Waals surface area contributed by atoms with Crippen LogP contribution in [-0.2, 0) is 11.3 Å². The van der Waals surface area contributed by atoms with Gasteiger partial charge >= 0.3 is 0 Å². The van der Waals surface area contributed by atoms with Crippen LogP contribution in [0.4, 0.5) is 0 Å². The summed E-state index contributed by atoms with van der Waals surface area (Å²) in [5.74, 6) is 0.702. The summed E-state index contributed by atoms with van der Waals surface area (Å²) in [5.41, 5.74) is 4.37. The third-order valence-corrected chi connectivity index (χ3v) is 8.13. The molecule has 1 aliphatic rings. The molecule has 0 radical (unpaired) electrons. The number of benzene rings is 3. The lowest BCUT2D eigenvalue weighted by atomic mass is 9.88. The molecular formula is C31H33Cl2N3O2. The average Bonchev–Trinajstić information content (AvgIpc) is 3.58. The van der Waals surface area contributed by atoms with Crippen molar-refractivity contribution in [3.63, 3.8) is 0 Å². The molecular weight excluding hydrogens is 517 g/mol. The Kier molecular flexibility index (Phi) is 8.58. The van der Waals surface area contributed by atoms with E-state index in [-0.39, 0.29) is 11.8 Å². The number of hydrogen-bond acceptors (Lipinski definition) is 3. The molecule has 1 N–H and O–H groups in total. The highest BCUT2D eigenvalue weighted by atomic mass is 35.5. The Morgan fingerprint density at radius 3 is 2.50 bits per heavy atom. The van der Waals surface area contributed by atoms with Crippen molar-refractivity contribution in [2.45, 2.75) is 31.7 Å². The van der Waals surface area contributed by atoms with Gasteiger partial charge in [-0.05, 0) is 73.0 Å². The molecule has 5 nitrogen and oxygen atoms in total. The van der Waals surface area contributed by atoms with Gasteiger partial charge in [0.2, 0.25) is 5.91 Å². The lowest BCUT2D eigenvalue weighted by Crippen LogP contribution is -2.34. The van der Waals surface area contributed by atoms with Gasteiger partial charge in [0.05, 0.1) is 17.2 Å². The van der Waals surface area contributed by atoms with Gasteiger partial charge in [-0.1, -0.05) is 59.6 Å². The quantitative estimate of drug-likeness (QED) is 0.238. The van der Waals surface area contributed by atoms with E-state index in [2.05, 4.69) is 51.3 Å². The van der Waals surface area contributed by atoms with Gasteiger partial charge in [-0.2, -0.15) is 0 Å². The van der Waals surface area contributed by atoms with Gasteiger partial charge in [0, 0.05) is 49.1 Å². The molecule has 5 rings (SSSR count). The van der Waals surface area contributed by atoms with Crippen molar-refractivity contribution in [3.05, 3.63) is 99.7 Å². The largest absolute Gasteiger partial charge is 0.497 e. The first-order chi connectivity index (χ1) is 18.5. The number of hydrogen-bond donors (Lipinski definition) is 1. The fraction of sp³-hybridized carbons (Fsp3) is 0.323. The molecule has 7 heteroatoms. The highest BCUT2D eigenvalue weighted by Gasteiger charge is 2.24. The molecule has 0 saturated carbocycles. The molecule has 38 heavy (non-hydrogen) atoms. The first kappa shape index (κ1) is 26.6. The van der Waals surface area contributed by atoms with E-state index in [1.54, 1.807) is 7.11 Å². The lowest BCUT2D eigenvalue weighted by molar-refractivity contribution is -0.121. The summed E-state index contributed by atoms with van der Waals surface area (Å²) in [6, 6.07) is 22.2. The number of nitrogens with zero attached hydrogens (tertiary/aromatic N) is 2. The highest BCUT2D eigenvalue weighted by Crippen LogP contribution is 2.37. The summed E-state index contributed by atoms with van der Waals surface area (Å²) in [5, 5.41) is 5.28. The molecule has 0 bridgehead atoms. The number of carbonyl (C=O) groups excluding carboxylic acids is 1. The second-order valence-corrected chi connectivity index (χ2v) is 10.7. The van der Waals surface area contributed by atoms with Crippen molar-refractivity contribution in [2.24, 2.45) is 0 Å². The minimum absolute atomic E-state index is 0.0345. The number of para-hydroxylation sites is 1. The van der Waals surface area contributed by atoms with Crippen LogP contribution in [-0.4, -0.2) is 48.7 Å². The van der Waals surface area contributed by atoms with Gasteiger partial charge < -0.3 is 19.5 Å². The van der Waals surface area contributed by atoms with Crippen molar-refractivity contribution in [1.82, 2.24) is 14.8 Å². The van der Waals surface area contributed by atoms with Crippen LogP contribution in [0.15, 0.2) is 72.9 Å². The lowest BCUT2D eigenvalue weighted by Gasteiger charge is -2.19. The minimum atomic E-state index is -0.168. The monoisotopic (exact) mass is 549 g/mol. The predicted molar refractivity (Wildman–Crippen MR) is 156 cm³/mol. The number of aromatic nitrogens is 1. The summed E-state index contributed by atoms with van der Waals surface area (Å²) in [6.07, 6.45) is 5.00. The topological polar surface area (TPSA) is 46.5 Å².